The van der Waals surface area contributed by atoms with Crippen molar-refractivity contribution < 1.29 is 14.7 Å². The second-order valence-electron chi connectivity index (χ2n) is 5.06. The van der Waals surface area contributed by atoms with Gasteiger partial charge in [-0.25, -0.2) is 14.6 Å². The predicted molar refractivity (Wildman–Crippen MR) is 76.1 cm³/mol. The van der Waals surface area contributed by atoms with Crippen molar-refractivity contribution in [2.24, 2.45) is 5.92 Å². The lowest BCUT2D eigenvalue weighted by atomic mass is 9.80. The molecule has 6 nitrogen and oxygen atoms in total. The van der Waals surface area contributed by atoms with Gasteiger partial charge >= 0.3 is 12.0 Å². The Balaban J connectivity index is 1.66. The van der Waals surface area contributed by atoms with Crippen LogP contribution in [0.2, 0.25) is 0 Å². The minimum Gasteiger partial charge on any atom is -0.476 e. The van der Waals surface area contributed by atoms with Crippen LogP contribution in [0, 0.1) is 5.92 Å². The Bertz CT molecular complexity index is 485. The summed E-state index contributed by atoms with van der Waals surface area (Å²) in [6, 6.07) is 0.0432. The number of aromatic carboxylic acids is 1. The molecule has 1 saturated carbocycles. The quantitative estimate of drug-likeness (QED) is 0.747. The van der Waals surface area contributed by atoms with Gasteiger partial charge in [-0.3, -0.25) is 0 Å². The zero-order valence-electron chi connectivity index (χ0n) is 11.4. The molecule has 110 valence electrons. The van der Waals surface area contributed by atoms with Gasteiger partial charge in [0.05, 0.1) is 5.01 Å². The predicted octanol–water partition coefficient (Wildman–Crippen LogP) is 1.87. The number of nitrogens with zero attached hydrogens (tertiary/aromatic N) is 1. The molecule has 1 aliphatic carbocycles. The standard InChI is InChI=1S/C13H19N3O3S/c1-8(9-3-2-4-9)15-13(19)14-6-5-11-16-10(7-20-11)12(17)18/h7-9H,2-6H2,1H3,(H,17,18)(H2,14,15,19). The van der Waals surface area contributed by atoms with Crippen molar-refractivity contribution in [3.05, 3.63) is 16.1 Å². The monoisotopic (exact) mass is 297 g/mol. The Kier molecular flexibility index (Phi) is 4.94. The van der Waals surface area contributed by atoms with Crippen LogP contribution in [0.3, 0.4) is 0 Å². The highest BCUT2D eigenvalue weighted by atomic mass is 32.1. The summed E-state index contributed by atoms with van der Waals surface area (Å²) in [6.07, 6.45) is 4.19. The van der Waals surface area contributed by atoms with Gasteiger partial charge in [-0.2, -0.15) is 0 Å². The summed E-state index contributed by atoms with van der Waals surface area (Å²) in [4.78, 5) is 26.3. The van der Waals surface area contributed by atoms with Gasteiger partial charge < -0.3 is 15.7 Å². The molecule has 2 rings (SSSR count). The Morgan fingerprint density at radius 2 is 2.30 bits per heavy atom. The van der Waals surface area contributed by atoms with E-state index >= 15 is 0 Å². The number of hydrogen-bond donors (Lipinski definition) is 3. The number of carbonyl (C=O) groups is 2. The van der Waals surface area contributed by atoms with E-state index in [2.05, 4.69) is 15.6 Å². The van der Waals surface area contributed by atoms with Crippen LogP contribution in [-0.4, -0.2) is 34.7 Å². The van der Waals surface area contributed by atoms with E-state index in [9.17, 15) is 9.59 Å². The zero-order valence-corrected chi connectivity index (χ0v) is 12.2. The van der Waals surface area contributed by atoms with Gasteiger partial charge in [-0.15, -0.1) is 11.3 Å². The Labute approximate surface area is 121 Å². The van der Waals surface area contributed by atoms with Crippen molar-refractivity contribution in [3.63, 3.8) is 0 Å². The molecule has 7 heteroatoms. The van der Waals surface area contributed by atoms with E-state index in [1.54, 1.807) is 0 Å². The summed E-state index contributed by atoms with van der Waals surface area (Å²) >= 11 is 1.30. The van der Waals surface area contributed by atoms with Gasteiger partial charge in [0.25, 0.3) is 0 Å². The van der Waals surface area contributed by atoms with Crippen LogP contribution in [-0.2, 0) is 6.42 Å². The minimum atomic E-state index is -1.02. The van der Waals surface area contributed by atoms with Crippen LogP contribution in [0.25, 0.3) is 0 Å². The molecule has 1 atom stereocenters. The van der Waals surface area contributed by atoms with E-state index in [4.69, 9.17) is 5.11 Å². The van der Waals surface area contributed by atoms with Crippen LogP contribution in [0.1, 0.15) is 41.7 Å². The number of aromatic nitrogens is 1. The molecule has 0 aromatic carbocycles. The highest BCUT2D eigenvalue weighted by molar-refractivity contribution is 7.09. The van der Waals surface area contributed by atoms with Crippen LogP contribution >= 0.6 is 11.3 Å². The summed E-state index contributed by atoms with van der Waals surface area (Å²) < 4.78 is 0. The maximum absolute atomic E-state index is 11.7. The van der Waals surface area contributed by atoms with Crippen LogP contribution < -0.4 is 10.6 Å². The fraction of sp³-hybridized carbons (Fsp3) is 0.615. The summed E-state index contributed by atoms with van der Waals surface area (Å²) in [6.45, 7) is 2.49. The van der Waals surface area contributed by atoms with E-state index in [-0.39, 0.29) is 17.8 Å². The number of carbonyl (C=O) groups excluding carboxylic acids is 1. The molecule has 2 amide bonds. The second-order valence-corrected chi connectivity index (χ2v) is 6.00. The van der Waals surface area contributed by atoms with Gasteiger partial charge in [0.1, 0.15) is 0 Å². The summed E-state index contributed by atoms with van der Waals surface area (Å²) in [7, 11) is 0. The van der Waals surface area contributed by atoms with Crippen molar-refractivity contribution in [1.29, 1.82) is 0 Å². The fourth-order valence-corrected chi connectivity index (χ4v) is 2.89. The van der Waals surface area contributed by atoms with E-state index in [1.165, 1.54) is 36.0 Å². The molecule has 1 heterocycles. The molecule has 0 bridgehead atoms. The van der Waals surface area contributed by atoms with Gasteiger partial charge in [0, 0.05) is 24.4 Å². The summed E-state index contributed by atoms with van der Waals surface area (Å²) in [5.41, 5.74) is 0.0630. The summed E-state index contributed by atoms with van der Waals surface area (Å²) in [5, 5.41) is 16.7. The van der Waals surface area contributed by atoms with Crippen LogP contribution in [0.5, 0.6) is 0 Å². The Hall–Kier alpha value is -1.63. The molecule has 0 radical (unpaired) electrons. The first-order valence-electron chi connectivity index (χ1n) is 6.78. The number of amides is 2. The highest BCUT2D eigenvalue weighted by Crippen LogP contribution is 2.29. The van der Waals surface area contributed by atoms with Crippen molar-refractivity contribution in [1.82, 2.24) is 15.6 Å². The molecule has 1 aromatic heterocycles. The molecule has 0 aliphatic heterocycles. The van der Waals surface area contributed by atoms with Crippen molar-refractivity contribution in [2.75, 3.05) is 6.54 Å². The number of nitrogens with one attached hydrogen (secondary N) is 2. The van der Waals surface area contributed by atoms with Gasteiger partial charge in [-0.1, -0.05) is 6.42 Å². The normalized spacial score (nSPS) is 16.2. The van der Waals surface area contributed by atoms with Crippen LogP contribution in [0.4, 0.5) is 4.79 Å². The maximum Gasteiger partial charge on any atom is 0.355 e. The SMILES string of the molecule is CC(NC(=O)NCCc1nc(C(=O)O)cs1)C1CCC1. The molecule has 1 fully saturated rings. The Morgan fingerprint density at radius 3 is 2.85 bits per heavy atom. The maximum atomic E-state index is 11.7. The van der Waals surface area contributed by atoms with Gasteiger partial charge in [0.15, 0.2) is 5.69 Å². The number of urea groups is 1. The number of carboxylic acid groups (broad SMARTS) is 1. The van der Waals surface area contributed by atoms with Crippen LogP contribution in [0.15, 0.2) is 5.38 Å². The zero-order chi connectivity index (χ0) is 14.5. The Morgan fingerprint density at radius 1 is 1.55 bits per heavy atom. The lowest BCUT2D eigenvalue weighted by Gasteiger charge is -2.31. The third kappa shape index (κ3) is 3.93. The molecule has 1 aliphatic rings. The average molecular weight is 297 g/mol. The molecule has 1 unspecified atom stereocenters. The first-order valence-corrected chi connectivity index (χ1v) is 7.66. The largest absolute Gasteiger partial charge is 0.476 e. The summed E-state index contributed by atoms with van der Waals surface area (Å²) in [5.74, 6) is -0.412. The van der Waals surface area contributed by atoms with E-state index in [1.807, 2.05) is 6.92 Å². The lowest BCUT2D eigenvalue weighted by Crippen LogP contribution is -2.46. The third-order valence-corrected chi connectivity index (χ3v) is 4.52. The topological polar surface area (TPSA) is 91.3 Å². The molecule has 20 heavy (non-hydrogen) atoms. The molecular weight excluding hydrogens is 278 g/mol. The third-order valence-electron chi connectivity index (χ3n) is 3.61. The highest BCUT2D eigenvalue weighted by Gasteiger charge is 2.24. The number of hydrogen-bond acceptors (Lipinski definition) is 4. The molecule has 0 saturated heterocycles. The molecule has 3 N–H and O–H groups in total. The van der Waals surface area contributed by atoms with Gasteiger partial charge in [0.2, 0.25) is 0 Å². The number of carboxylic acids is 1. The lowest BCUT2D eigenvalue weighted by molar-refractivity contribution is 0.0691. The molecule has 1 aromatic rings. The van der Waals surface area contributed by atoms with E-state index < -0.39 is 5.97 Å². The first kappa shape index (κ1) is 14.8. The second kappa shape index (κ2) is 6.69. The number of rotatable bonds is 6. The smallest absolute Gasteiger partial charge is 0.355 e. The van der Waals surface area contributed by atoms with E-state index in [0.717, 1.165) is 5.01 Å². The average Bonchev–Trinajstić information content (AvgIpc) is 2.75. The van der Waals surface area contributed by atoms with Crippen molar-refractivity contribution in [3.8, 4) is 0 Å². The number of thiazole rings is 1. The van der Waals surface area contributed by atoms with Crippen molar-refractivity contribution >= 4 is 23.3 Å². The van der Waals surface area contributed by atoms with E-state index in [0.29, 0.717) is 18.9 Å². The minimum absolute atomic E-state index is 0.0630. The molecule has 0 spiro atoms. The van der Waals surface area contributed by atoms with Crippen molar-refractivity contribution in [2.45, 2.75) is 38.6 Å². The fourth-order valence-electron chi connectivity index (χ4n) is 2.12. The first-order chi connectivity index (χ1) is 9.56. The molecular formula is C13H19N3O3S. The van der Waals surface area contributed by atoms with Gasteiger partial charge in [-0.05, 0) is 25.7 Å².